The number of rotatable bonds is 16. The lowest BCUT2D eigenvalue weighted by atomic mass is 9.58. The molecule has 2 fully saturated rings. The highest BCUT2D eigenvalue weighted by molar-refractivity contribution is 6.10. The zero-order valence-electron chi connectivity index (χ0n) is 43.4. The number of likely N-dealkylation sites (tertiary alicyclic amines) is 1. The summed E-state index contributed by atoms with van der Waals surface area (Å²) >= 11 is 0. The van der Waals surface area contributed by atoms with Gasteiger partial charge in [0, 0.05) is 37.9 Å². The van der Waals surface area contributed by atoms with E-state index in [1.54, 1.807) is 95.0 Å². The maximum atomic E-state index is 14.9. The predicted molar refractivity (Wildman–Crippen MR) is 268 cm³/mol. The van der Waals surface area contributed by atoms with Gasteiger partial charge in [0.05, 0.1) is 30.0 Å². The van der Waals surface area contributed by atoms with E-state index < -0.39 is 71.3 Å². The van der Waals surface area contributed by atoms with E-state index in [1.807, 2.05) is 0 Å². The first-order chi connectivity index (χ1) is 34.8. The fourth-order valence-electron chi connectivity index (χ4n) is 10.1. The summed E-state index contributed by atoms with van der Waals surface area (Å²) in [6, 6.07) is 12.5. The van der Waals surface area contributed by atoms with Crippen LogP contribution >= 0.6 is 0 Å². The number of ether oxygens (including phenoxy) is 2. The second-order valence-corrected chi connectivity index (χ2v) is 21.4. The van der Waals surface area contributed by atoms with Crippen molar-refractivity contribution in [3.05, 3.63) is 94.1 Å². The maximum absolute atomic E-state index is 14.9. The molecule has 2 aromatic carbocycles. The topological polar surface area (TPSA) is 217 Å². The molecule has 4 heterocycles. The molecule has 2 aromatic heterocycles. The van der Waals surface area contributed by atoms with Gasteiger partial charge in [0.2, 0.25) is 11.8 Å². The third-order valence-electron chi connectivity index (χ3n) is 13.6. The van der Waals surface area contributed by atoms with Gasteiger partial charge in [-0.25, -0.2) is 14.6 Å². The van der Waals surface area contributed by atoms with Gasteiger partial charge < -0.3 is 30.0 Å². The van der Waals surface area contributed by atoms with Crippen molar-refractivity contribution in [2.75, 3.05) is 34.8 Å². The van der Waals surface area contributed by atoms with Gasteiger partial charge in [-0.3, -0.25) is 29.1 Å². The van der Waals surface area contributed by atoms with E-state index in [2.05, 4.69) is 51.0 Å². The number of carbonyl (C=O) groups excluding carboxylic acids is 5. The number of fused-ring (bicyclic) bond motifs is 1. The van der Waals surface area contributed by atoms with Gasteiger partial charge in [-0.2, -0.15) is 18.4 Å². The van der Waals surface area contributed by atoms with Crippen molar-refractivity contribution in [2.24, 2.45) is 24.8 Å². The summed E-state index contributed by atoms with van der Waals surface area (Å²) in [4.78, 5) is 76.8. The van der Waals surface area contributed by atoms with E-state index in [0.29, 0.717) is 47.0 Å². The van der Waals surface area contributed by atoms with E-state index in [-0.39, 0.29) is 60.7 Å². The lowest BCUT2D eigenvalue weighted by Gasteiger charge is -2.46. The standard InChI is InChI=1S/C53H66F3N11O7/c1-31(2)44(62-49(71)74-51(6,7)8)46(69)59-34(5)45(68)60-38-15-13-35(14-16-38)29-73-50(72)66(19-11-17-57)42-22-37(52(24-33(4)25-52)48-63-58-30-64(48)9)23-43(61-42)67-28-40-39(47(67)70)20-36(21-41(40)53(54,55)56)27-65-18-10-12-32(3)26-65/h13-16,20-23,30-34,44H,10-12,18-19,24-29H2,1-9H3,(H,59,69)(H,60,68)(H,62,71)/t32-,33?,34-,44-,52?/m0/s1. The number of nitrogens with zero attached hydrogens (tertiary/aromatic N) is 8. The molecule has 1 saturated carbocycles. The Labute approximate surface area is 429 Å². The quantitative estimate of drug-likeness (QED) is 0.0965. The van der Waals surface area contributed by atoms with Gasteiger partial charge in [-0.05, 0) is 136 Å². The summed E-state index contributed by atoms with van der Waals surface area (Å²) in [5.74, 6) is -0.823. The van der Waals surface area contributed by atoms with Crippen LogP contribution in [0.5, 0.6) is 0 Å². The summed E-state index contributed by atoms with van der Waals surface area (Å²) in [7, 11) is 1.81. The van der Waals surface area contributed by atoms with E-state index in [0.717, 1.165) is 32.0 Å². The number of piperidine rings is 1. The average Bonchev–Trinajstić information content (AvgIpc) is 3.90. The number of pyridine rings is 1. The molecular formula is C53H66F3N11O7. The highest BCUT2D eigenvalue weighted by Gasteiger charge is 2.49. The lowest BCUT2D eigenvalue weighted by molar-refractivity contribution is -0.138. The number of alkyl halides is 3. The fourth-order valence-corrected chi connectivity index (χ4v) is 10.1. The van der Waals surface area contributed by atoms with Crippen molar-refractivity contribution in [1.82, 2.24) is 35.3 Å². The molecule has 4 aromatic rings. The molecule has 396 valence electrons. The minimum absolute atomic E-state index is 0.0119. The number of alkyl carbamates (subject to hydrolysis) is 1. The molecule has 0 spiro atoms. The van der Waals surface area contributed by atoms with Gasteiger partial charge in [0.25, 0.3) is 5.91 Å². The van der Waals surface area contributed by atoms with E-state index in [1.165, 1.54) is 16.7 Å². The number of anilines is 3. The molecule has 0 radical (unpaired) electrons. The molecule has 18 nitrogen and oxygen atoms in total. The molecule has 3 aliphatic rings. The van der Waals surface area contributed by atoms with E-state index in [9.17, 15) is 42.4 Å². The lowest BCUT2D eigenvalue weighted by Crippen LogP contribution is -2.54. The molecule has 1 aliphatic carbocycles. The first-order valence-electron chi connectivity index (χ1n) is 25.0. The van der Waals surface area contributed by atoms with Crippen LogP contribution < -0.4 is 25.8 Å². The van der Waals surface area contributed by atoms with Gasteiger partial charge in [-0.1, -0.05) is 39.8 Å². The summed E-state index contributed by atoms with van der Waals surface area (Å²) in [6.45, 7) is 15.2. The van der Waals surface area contributed by atoms with Crippen LogP contribution in [0.15, 0.2) is 54.9 Å². The van der Waals surface area contributed by atoms with Gasteiger partial charge in [0.15, 0.2) is 0 Å². The number of aromatic nitrogens is 4. The highest BCUT2D eigenvalue weighted by Crippen LogP contribution is 2.53. The molecule has 3 atom stereocenters. The van der Waals surface area contributed by atoms with Gasteiger partial charge >= 0.3 is 18.4 Å². The van der Waals surface area contributed by atoms with Crippen molar-refractivity contribution < 1.29 is 46.6 Å². The third-order valence-corrected chi connectivity index (χ3v) is 13.6. The number of aryl methyl sites for hydroxylation is 1. The number of amides is 5. The first kappa shape index (κ1) is 54.7. The number of nitrogens with one attached hydrogen (secondary N) is 3. The number of nitriles is 1. The Morgan fingerprint density at radius 1 is 0.973 bits per heavy atom. The molecule has 0 bridgehead atoms. The molecule has 5 amide bonds. The molecular weight excluding hydrogens is 960 g/mol. The van der Waals surface area contributed by atoms with E-state index >= 15 is 0 Å². The minimum atomic E-state index is -4.75. The molecule has 0 unspecified atom stereocenters. The Bertz CT molecular complexity index is 2780. The Morgan fingerprint density at radius 2 is 1.69 bits per heavy atom. The van der Waals surface area contributed by atoms with Crippen LogP contribution in [0.25, 0.3) is 0 Å². The number of halogens is 3. The summed E-state index contributed by atoms with van der Waals surface area (Å²) < 4.78 is 57.7. The Kier molecular flexibility index (Phi) is 16.4. The van der Waals surface area contributed by atoms with Crippen molar-refractivity contribution in [3.8, 4) is 6.07 Å². The molecule has 1 saturated heterocycles. The fraction of sp³-hybridized carbons (Fsp3) is 0.528. The highest BCUT2D eigenvalue weighted by atomic mass is 19.4. The van der Waals surface area contributed by atoms with Crippen molar-refractivity contribution in [1.29, 1.82) is 5.26 Å². The number of carbonyl (C=O) groups is 5. The van der Waals surface area contributed by atoms with Crippen LogP contribution in [0, 0.1) is 29.1 Å². The Balaban J connectivity index is 1.12. The van der Waals surface area contributed by atoms with Crippen molar-refractivity contribution in [3.63, 3.8) is 0 Å². The number of hydrogen-bond acceptors (Lipinski definition) is 12. The second-order valence-electron chi connectivity index (χ2n) is 21.4. The van der Waals surface area contributed by atoms with Gasteiger partial charge in [-0.15, -0.1) is 10.2 Å². The van der Waals surface area contributed by atoms with Crippen LogP contribution in [0.1, 0.15) is 131 Å². The van der Waals surface area contributed by atoms with E-state index in [4.69, 9.17) is 14.5 Å². The summed E-state index contributed by atoms with van der Waals surface area (Å²) in [5, 5.41) is 26.3. The van der Waals surface area contributed by atoms with Crippen molar-refractivity contribution >= 4 is 47.2 Å². The molecule has 2 aliphatic heterocycles. The first-order valence-corrected chi connectivity index (χ1v) is 25.0. The Hall–Kier alpha value is -7.08. The zero-order chi connectivity index (χ0) is 53.9. The monoisotopic (exact) mass is 1030 g/mol. The van der Waals surface area contributed by atoms with Crippen LogP contribution in [0.2, 0.25) is 0 Å². The number of hydrogen-bond donors (Lipinski definition) is 3. The predicted octanol–water partition coefficient (Wildman–Crippen LogP) is 8.39. The van der Waals surface area contributed by atoms with Crippen molar-refractivity contribution in [2.45, 2.75) is 136 Å². The largest absolute Gasteiger partial charge is 0.444 e. The van der Waals surface area contributed by atoms with Crippen LogP contribution in [0.4, 0.5) is 40.1 Å². The molecule has 74 heavy (non-hydrogen) atoms. The third kappa shape index (κ3) is 12.6. The summed E-state index contributed by atoms with van der Waals surface area (Å²) in [5.41, 5.74) is -0.778. The molecule has 3 N–H and O–H groups in total. The second kappa shape index (κ2) is 22.2. The molecule has 21 heteroatoms. The van der Waals surface area contributed by atoms with Crippen LogP contribution in [-0.4, -0.2) is 91.9 Å². The van der Waals surface area contributed by atoms with Crippen LogP contribution in [0.3, 0.4) is 0 Å². The SMILES string of the molecule is CC1CC(c2cc(N(CCC#N)C(=O)OCc3ccc(NC(=O)[C@H](C)NC(=O)[C@@H](NC(=O)OC(C)(C)C)C(C)C)cc3)nc(N3Cc4c(cc(CN5CCC[C@H](C)C5)cc4C(F)(F)F)C3=O)c2)(c2nncn2C)C1. The smallest absolute Gasteiger partial charge is 0.416 e. The number of benzene rings is 2. The maximum Gasteiger partial charge on any atom is 0.416 e. The molecule has 7 rings (SSSR count). The minimum Gasteiger partial charge on any atom is -0.444 e. The summed E-state index contributed by atoms with van der Waals surface area (Å²) in [6.07, 6.45) is -1.80. The normalized spacial score (nSPS) is 19.7. The average molecular weight is 1030 g/mol. The van der Waals surface area contributed by atoms with Gasteiger partial charge in [0.1, 0.15) is 48.1 Å². The Morgan fingerprint density at radius 3 is 2.30 bits per heavy atom. The van der Waals surface area contributed by atoms with Crippen LogP contribution in [-0.2, 0) is 57.4 Å². The zero-order valence-corrected chi connectivity index (χ0v) is 43.4.